The fourth-order valence-corrected chi connectivity index (χ4v) is 2.86. The molecule has 0 aliphatic carbocycles. The molecule has 0 aliphatic heterocycles. The van der Waals surface area contributed by atoms with Crippen molar-refractivity contribution < 1.29 is 4.79 Å². The number of hydrogen-bond acceptors (Lipinski definition) is 2. The molecule has 0 fully saturated rings. The van der Waals surface area contributed by atoms with Gasteiger partial charge in [0.1, 0.15) is 0 Å². The van der Waals surface area contributed by atoms with Gasteiger partial charge in [0.15, 0.2) is 0 Å². The summed E-state index contributed by atoms with van der Waals surface area (Å²) in [5, 5.41) is 6.41. The molecule has 0 aliphatic rings. The molecule has 2 aromatic rings. The van der Waals surface area contributed by atoms with Crippen molar-refractivity contribution in [1.82, 2.24) is 5.32 Å². The molecule has 2 aromatic carbocycles. The van der Waals surface area contributed by atoms with Crippen molar-refractivity contribution in [3.05, 3.63) is 65.7 Å². The molecule has 0 heterocycles. The summed E-state index contributed by atoms with van der Waals surface area (Å²) in [6.45, 7) is 7.98. The summed E-state index contributed by atoms with van der Waals surface area (Å²) in [4.78, 5) is 12.0. The second-order valence-corrected chi connectivity index (χ2v) is 7.41. The van der Waals surface area contributed by atoms with E-state index in [1.807, 2.05) is 12.1 Å². The quantitative estimate of drug-likeness (QED) is 0.694. The van der Waals surface area contributed by atoms with Crippen molar-refractivity contribution in [3.8, 4) is 0 Å². The number of aryl methyl sites for hydroxylation is 1. The molecule has 0 aromatic heterocycles. The lowest BCUT2D eigenvalue weighted by atomic mass is 9.86. The van der Waals surface area contributed by atoms with E-state index in [0.29, 0.717) is 13.0 Å². The third-order valence-electron chi connectivity index (χ3n) is 4.21. The van der Waals surface area contributed by atoms with Crippen LogP contribution in [0.25, 0.3) is 0 Å². The molecule has 25 heavy (non-hydrogen) atoms. The number of para-hydroxylation sites is 1. The Bertz CT molecular complexity index is 659. The van der Waals surface area contributed by atoms with E-state index < -0.39 is 0 Å². The molecule has 0 saturated carbocycles. The minimum absolute atomic E-state index is 0.0866. The number of anilines is 1. The van der Waals surface area contributed by atoms with E-state index in [0.717, 1.165) is 25.1 Å². The summed E-state index contributed by atoms with van der Waals surface area (Å²) in [5.41, 5.74) is 3.80. The van der Waals surface area contributed by atoms with Crippen LogP contribution < -0.4 is 10.6 Å². The Labute approximate surface area is 151 Å². The molecule has 0 spiro atoms. The summed E-state index contributed by atoms with van der Waals surface area (Å²) < 4.78 is 0. The lowest BCUT2D eigenvalue weighted by Gasteiger charge is -2.23. The normalized spacial score (nSPS) is 11.2. The van der Waals surface area contributed by atoms with Crippen LogP contribution in [-0.4, -0.2) is 19.0 Å². The Morgan fingerprint density at radius 1 is 0.920 bits per heavy atom. The monoisotopic (exact) mass is 338 g/mol. The molecule has 1 amide bonds. The topological polar surface area (TPSA) is 41.1 Å². The lowest BCUT2D eigenvalue weighted by molar-refractivity contribution is -0.120. The Hall–Kier alpha value is -2.29. The highest BCUT2D eigenvalue weighted by Crippen LogP contribution is 2.29. The fraction of sp³-hybridized carbons (Fsp3) is 0.409. The van der Waals surface area contributed by atoms with Crippen LogP contribution in [0.3, 0.4) is 0 Å². The Morgan fingerprint density at radius 2 is 1.60 bits per heavy atom. The van der Waals surface area contributed by atoms with Gasteiger partial charge in [-0.15, -0.1) is 0 Å². The van der Waals surface area contributed by atoms with Crippen LogP contribution in [-0.2, 0) is 16.6 Å². The van der Waals surface area contributed by atoms with E-state index in [1.165, 1.54) is 11.1 Å². The number of hydrogen-bond donors (Lipinski definition) is 2. The van der Waals surface area contributed by atoms with Crippen LogP contribution >= 0.6 is 0 Å². The molecular weight excluding hydrogens is 308 g/mol. The van der Waals surface area contributed by atoms with Crippen LogP contribution in [0.5, 0.6) is 0 Å². The minimum Gasteiger partial charge on any atom is -0.384 e. The molecule has 3 heteroatoms. The van der Waals surface area contributed by atoms with E-state index in [4.69, 9.17) is 0 Å². The zero-order chi connectivity index (χ0) is 18.1. The van der Waals surface area contributed by atoms with Gasteiger partial charge < -0.3 is 10.6 Å². The largest absolute Gasteiger partial charge is 0.384 e. The summed E-state index contributed by atoms with van der Waals surface area (Å²) in [6.07, 6.45) is 2.46. The fourth-order valence-electron chi connectivity index (χ4n) is 2.86. The third-order valence-corrected chi connectivity index (χ3v) is 4.21. The van der Waals surface area contributed by atoms with Gasteiger partial charge in [-0.05, 0) is 35.4 Å². The van der Waals surface area contributed by atoms with Crippen LogP contribution in [0.4, 0.5) is 5.69 Å². The number of nitrogens with one attached hydrogen (secondary N) is 2. The summed E-state index contributed by atoms with van der Waals surface area (Å²) in [6, 6.07) is 18.7. The average Bonchev–Trinajstić information content (AvgIpc) is 2.59. The van der Waals surface area contributed by atoms with Crippen molar-refractivity contribution in [2.45, 2.75) is 45.4 Å². The molecule has 0 saturated heterocycles. The van der Waals surface area contributed by atoms with Crippen molar-refractivity contribution in [3.63, 3.8) is 0 Å². The Kier molecular flexibility index (Phi) is 7.05. The van der Waals surface area contributed by atoms with Gasteiger partial charge in [-0.2, -0.15) is 0 Å². The highest BCUT2D eigenvalue weighted by atomic mass is 16.1. The van der Waals surface area contributed by atoms with Gasteiger partial charge >= 0.3 is 0 Å². The average molecular weight is 338 g/mol. The molecule has 2 N–H and O–H groups in total. The molecule has 0 radical (unpaired) electrons. The third kappa shape index (κ3) is 6.61. The SMILES string of the molecule is CC(C)(C)c1ccccc1NCCC(=O)NCCCc1ccccc1. The highest BCUT2D eigenvalue weighted by molar-refractivity contribution is 5.76. The van der Waals surface area contributed by atoms with Crippen molar-refractivity contribution in [2.75, 3.05) is 18.4 Å². The Morgan fingerprint density at radius 3 is 2.32 bits per heavy atom. The first-order valence-electron chi connectivity index (χ1n) is 9.11. The molecular formula is C22H30N2O. The summed E-state index contributed by atoms with van der Waals surface area (Å²) in [5.74, 6) is 0.105. The van der Waals surface area contributed by atoms with E-state index >= 15 is 0 Å². The number of carbonyl (C=O) groups is 1. The van der Waals surface area contributed by atoms with E-state index in [2.05, 4.69) is 73.9 Å². The molecule has 134 valence electrons. The van der Waals surface area contributed by atoms with Gasteiger partial charge in [0.25, 0.3) is 0 Å². The molecule has 0 bridgehead atoms. The molecule has 2 rings (SSSR count). The lowest BCUT2D eigenvalue weighted by Crippen LogP contribution is -2.27. The number of amides is 1. The van der Waals surface area contributed by atoms with Gasteiger partial charge in [0, 0.05) is 25.2 Å². The Balaban J connectivity index is 1.67. The molecule has 0 unspecified atom stereocenters. The van der Waals surface area contributed by atoms with Crippen LogP contribution in [0.1, 0.15) is 44.7 Å². The standard InChI is InChI=1S/C22H30N2O/c1-22(2,3)19-13-7-8-14-20(19)23-17-15-21(25)24-16-9-12-18-10-5-4-6-11-18/h4-8,10-11,13-14,23H,9,12,15-17H2,1-3H3,(H,24,25). The number of benzene rings is 2. The smallest absolute Gasteiger partial charge is 0.221 e. The second-order valence-electron chi connectivity index (χ2n) is 7.41. The predicted molar refractivity (Wildman–Crippen MR) is 106 cm³/mol. The van der Waals surface area contributed by atoms with E-state index in [1.54, 1.807) is 0 Å². The van der Waals surface area contributed by atoms with Crippen molar-refractivity contribution >= 4 is 11.6 Å². The highest BCUT2D eigenvalue weighted by Gasteiger charge is 2.17. The van der Waals surface area contributed by atoms with Gasteiger partial charge in [0.2, 0.25) is 5.91 Å². The minimum atomic E-state index is 0.0866. The van der Waals surface area contributed by atoms with Crippen LogP contribution in [0.15, 0.2) is 54.6 Å². The molecule has 3 nitrogen and oxygen atoms in total. The van der Waals surface area contributed by atoms with Crippen molar-refractivity contribution in [1.29, 1.82) is 0 Å². The maximum Gasteiger partial charge on any atom is 0.221 e. The van der Waals surface area contributed by atoms with Crippen molar-refractivity contribution in [2.24, 2.45) is 0 Å². The second kappa shape index (κ2) is 9.26. The number of rotatable bonds is 8. The zero-order valence-electron chi connectivity index (χ0n) is 15.6. The van der Waals surface area contributed by atoms with Gasteiger partial charge in [0.05, 0.1) is 0 Å². The van der Waals surface area contributed by atoms with Crippen LogP contribution in [0, 0.1) is 0 Å². The molecule has 0 atom stereocenters. The maximum atomic E-state index is 12.0. The van der Waals surface area contributed by atoms with Gasteiger partial charge in [-0.25, -0.2) is 0 Å². The maximum absolute atomic E-state index is 12.0. The van der Waals surface area contributed by atoms with Gasteiger partial charge in [-0.3, -0.25) is 4.79 Å². The first kappa shape index (κ1) is 19.0. The van der Waals surface area contributed by atoms with Gasteiger partial charge in [-0.1, -0.05) is 69.3 Å². The predicted octanol–water partition coefficient (Wildman–Crippen LogP) is 4.54. The first-order valence-corrected chi connectivity index (χ1v) is 9.11. The van der Waals surface area contributed by atoms with E-state index in [9.17, 15) is 4.79 Å². The van der Waals surface area contributed by atoms with E-state index in [-0.39, 0.29) is 11.3 Å². The zero-order valence-corrected chi connectivity index (χ0v) is 15.6. The van der Waals surface area contributed by atoms with Crippen LogP contribution in [0.2, 0.25) is 0 Å². The summed E-state index contributed by atoms with van der Waals surface area (Å²) in [7, 11) is 0. The number of carbonyl (C=O) groups excluding carboxylic acids is 1. The summed E-state index contributed by atoms with van der Waals surface area (Å²) >= 11 is 0. The first-order chi connectivity index (χ1) is 12.0.